The lowest BCUT2D eigenvalue weighted by molar-refractivity contribution is -0.110. The number of amides is 1. The van der Waals surface area contributed by atoms with Crippen LogP contribution >= 0.6 is 0 Å². The van der Waals surface area contributed by atoms with Crippen LogP contribution in [0.2, 0.25) is 0 Å². The van der Waals surface area contributed by atoms with E-state index >= 15 is 0 Å². The smallest absolute Gasteiger partial charge is 0.338 e. The lowest BCUT2D eigenvalue weighted by atomic mass is 10.0. The van der Waals surface area contributed by atoms with Crippen molar-refractivity contribution in [1.82, 2.24) is 4.90 Å². The fourth-order valence-corrected chi connectivity index (χ4v) is 4.89. The molecule has 194 valence electrons. The number of carbonyl (C=O) groups excluding carboxylic acids is 2. The Labute approximate surface area is 213 Å². The molecule has 2 N–H and O–H groups in total. The van der Waals surface area contributed by atoms with E-state index in [1.165, 1.54) is 10.6 Å². The number of sulfonamides is 1. The van der Waals surface area contributed by atoms with E-state index in [0.29, 0.717) is 47.6 Å². The van der Waals surface area contributed by atoms with E-state index in [1.54, 1.807) is 49.4 Å². The maximum Gasteiger partial charge on any atom is 0.338 e. The Balaban J connectivity index is 1.91. The average molecular weight is 515 g/mol. The summed E-state index contributed by atoms with van der Waals surface area (Å²) in [6.07, 6.45) is 2.63. The number of fused-ring (bicyclic) bond motifs is 1. The summed E-state index contributed by atoms with van der Waals surface area (Å²) in [6.45, 7) is 4.97. The van der Waals surface area contributed by atoms with Crippen molar-refractivity contribution in [2.75, 3.05) is 55.0 Å². The number of hydrogen-bond donors (Lipinski definition) is 2. The monoisotopic (exact) mass is 514 g/mol. The Bertz CT molecular complexity index is 1250. The van der Waals surface area contributed by atoms with Crippen LogP contribution < -0.4 is 14.9 Å². The van der Waals surface area contributed by atoms with Crippen molar-refractivity contribution in [3.8, 4) is 0 Å². The van der Waals surface area contributed by atoms with Crippen LogP contribution in [0.4, 0.5) is 17.1 Å². The first-order chi connectivity index (χ1) is 17.0. The minimum absolute atomic E-state index is 0.245. The largest absolute Gasteiger partial charge is 0.462 e. The molecule has 9 nitrogen and oxygen atoms in total. The van der Waals surface area contributed by atoms with Crippen molar-refractivity contribution in [3.63, 3.8) is 0 Å². The third-order valence-electron chi connectivity index (χ3n) is 5.68. The molecule has 0 radical (unpaired) electrons. The minimum atomic E-state index is -3.43. The van der Waals surface area contributed by atoms with E-state index in [2.05, 4.69) is 10.6 Å². The number of anilines is 3. The van der Waals surface area contributed by atoms with Gasteiger partial charge in [-0.05, 0) is 63.8 Å². The number of hydrogen-bond acceptors (Lipinski definition) is 7. The van der Waals surface area contributed by atoms with Crippen LogP contribution in [0.15, 0.2) is 48.2 Å². The van der Waals surface area contributed by atoms with Crippen molar-refractivity contribution >= 4 is 44.5 Å². The van der Waals surface area contributed by atoms with E-state index in [0.717, 1.165) is 17.8 Å². The van der Waals surface area contributed by atoms with Gasteiger partial charge in [-0.2, -0.15) is 0 Å². The number of carbonyl (C=O) groups is 2. The molecular formula is C26H34N4O5S. The molecule has 1 aliphatic heterocycles. The van der Waals surface area contributed by atoms with Crippen LogP contribution in [0.5, 0.6) is 0 Å². The fourth-order valence-electron chi connectivity index (χ4n) is 3.98. The second-order valence-electron chi connectivity index (χ2n) is 8.85. The SMILES string of the molecule is CCC/C(Nc1ccc(N(CCN(C)C)S(C)(=O)=O)cc1)=C1/C(=O)Nc2cc(C(=O)OCC)ccc21. The second kappa shape index (κ2) is 11.6. The van der Waals surface area contributed by atoms with Crippen molar-refractivity contribution in [3.05, 3.63) is 59.3 Å². The third-order valence-corrected chi connectivity index (χ3v) is 6.87. The molecular weight excluding hydrogens is 480 g/mol. The van der Waals surface area contributed by atoms with Gasteiger partial charge in [0.15, 0.2) is 0 Å². The molecule has 0 aromatic heterocycles. The normalized spacial score (nSPS) is 14.3. The highest BCUT2D eigenvalue weighted by Crippen LogP contribution is 2.36. The first-order valence-corrected chi connectivity index (χ1v) is 13.8. The van der Waals surface area contributed by atoms with Crippen molar-refractivity contribution in [2.45, 2.75) is 26.7 Å². The minimum Gasteiger partial charge on any atom is -0.462 e. The number of benzene rings is 2. The van der Waals surface area contributed by atoms with Gasteiger partial charge in [-0.25, -0.2) is 13.2 Å². The highest BCUT2D eigenvalue weighted by Gasteiger charge is 2.28. The number of ether oxygens (including phenoxy) is 1. The molecule has 2 aromatic carbocycles. The Hall–Kier alpha value is -3.37. The van der Waals surface area contributed by atoms with E-state index in [9.17, 15) is 18.0 Å². The molecule has 1 aliphatic rings. The van der Waals surface area contributed by atoms with Gasteiger partial charge >= 0.3 is 5.97 Å². The van der Waals surface area contributed by atoms with Gasteiger partial charge in [0.25, 0.3) is 5.91 Å². The second-order valence-corrected chi connectivity index (χ2v) is 10.8. The number of rotatable bonds is 11. The summed E-state index contributed by atoms with van der Waals surface area (Å²) < 4.78 is 31.1. The number of esters is 1. The molecule has 0 unspecified atom stereocenters. The molecule has 0 saturated heterocycles. The molecule has 0 aliphatic carbocycles. The number of allylic oxidation sites excluding steroid dienone is 1. The zero-order valence-corrected chi connectivity index (χ0v) is 22.2. The van der Waals surface area contributed by atoms with E-state index in [4.69, 9.17) is 4.74 Å². The number of likely N-dealkylation sites (N-methyl/N-ethyl adjacent to an activating group) is 1. The number of nitrogens with one attached hydrogen (secondary N) is 2. The van der Waals surface area contributed by atoms with Gasteiger partial charge < -0.3 is 20.3 Å². The molecule has 0 fully saturated rings. The van der Waals surface area contributed by atoms with Crippen molar-refractivity contribution < 1.29 is 22.7 Å². The van der Waals surface area contributed by atoms with Gasteiger partial charge in [0.1, 0.15) is 0 Å². The molecule has 2 aromatic rings. The first kappa shape index (κ1) is 27.2. The van der Waals surface area contributed by atoms with Crippen molar-refractivity contribution in [1.29, 1.82) is 0 Å². The summed E-state index contributed by atoms with van der Waals surface area (Å²) >= 11 is 0. The number of nitrogens with zero attached hydrogens (tertiary/aromatic N) is 2. The molecule has 3 rings (SSSR count). The van der Waals surface area contributed by atoms with Gasteiger partial charge in [0.2, 0.25) is 10.0 Å². The van der Waals surface area contributed by atoms with Gasteiger partial charge in [-0.3, -0.25) is 9.10 Å². The first-order valence-electron chi connectivity index (χ1n) is 11.9. The van der Waals surface area contributed by atoms with Gasteiger partial charge in [-0.15, -0.1) is 0 Å². The molecule has 0 spiro atoms. The molecule has 0 bridgehead atoms. The molecule has 36 heavy (non-hydrogen) atoms. The molecule has 1 amide bonds. The van der Waals surface area contributed by atoms with Crippen LogP contribution in [0.3, 0.4) is 0 Å². The zero-order valence-electron chi connectivity index (χ0n) is 21.4. The van der Waals surface area contributed by atoms with Gasteiger partial charge in [0, 0.05) is 30.0 Å². The summed E-state index contributed by atoms with van der Waals surface area (Å²) in [6, 6.07) is 12.1. The van der Waals surface area contributed by atoms with Gasteiger partial charge in [-0.1, -0.05) is 19.4 Å². The Morgan fingerprint density at radius 3 is 2.33 bits per heavy atom. The Morgan fingerprint density at radius 2 is 1.75 bits per heavy atom. The summed E-state index contributed by atoms with van der Waals surface area (Å²) in [4.78, 5) is 26.9. The lowest BCUT2D eigenvalue weighted by Gasteiger charge is -2.24. The summed E-state index contributed by atoms with van der Waals surface area (Å²) in [5, 5.41) is 6.21. The lowest BCUT2D eigenvalue weighted by Crippen LogP contribution is -2.35. The predicted molar refractivity (Wildman–Crippen MR) is 144 cm³/mol. The third kappa shape index (κ3) is 6.44. The highest BCUT2D eigenvalue weighted by atomic mass is 32.2. The fraction of sp³-hybridized carbons (Fsp3) is 0.385. The van der Waals surface area contributed by atoms with Crippen molar-refractivity contribution in [2.24, 2.45) is 0 Å². The van der Waals surface area contributed by atoms with Crippen LogP contribution in [-0.4, -0.2) is 65.2 Å². The molecule has 1 heterocycles. The molecule has 0 atom stereocenters. The molecule has 0 saturated carbocycles. The van der Waals surface area contributed by atoms with Gasteiger partial charge in [0.05, 0.1) is 35.4 Å². The highest BCUT2D eigenvalue weighted by molar-refractivity contribution is 7.92. The summed E-state index contributed by atoms with van der Waals surface area (Å²) in [7, 11) is 0.354. The summed E-state index contributed by atoms with van der Waals surface area (Å²) in [5.74, 6) is -0.682. The maximum absolute atomic E-state index is 12.9. The van der Waals surface area contributed by atoms with E-state index in [1.807, 2.05) is 25.9 Å². The maximum atomic E-state index is 12.9. The average Bonchev–Trinajstić information content (AvgIpc) is 3.13. The van der Waals surface area contributed by atoms with E-state index < -0.39 is 16.0 Å². The topological polar surface area (TPSA) is 108 Å². The summed E-state index contributed by atoms with van der Waals surface area (Å²) in [5.41, 5.74) is 4.24. The molecule has 10 heteroatoms. The zero-order chi connectivity index (χ0) is 26.5. The predicted octanol–water partition coefficient (Wildman–Crippen LogP) is 3.77. The quantitative estimate of drug-likeness (QED) is 0.347. The standard InChI is InChI=1S/C26H34N4O5S/c1-6-8-22(24-21-14-9-18(26(32)35-7-2)17-23(21)28-25(24)31)27-19-10-12-20(13-11-19)30(36(5,33)34)16-15-29(3)4/h9-14,17,27H,6-8,15-16H2,1-5H3,(H,28,31)/b24-22-. The van der Waals surface area contributed by atoms with Crippen LogP contribution in [0, 0.1) is 0 Å². The van der Waals surface area contributed by atoms with Crippen LogP contribution in [0.25, 0.3) is 5.57 Å². The van der Waals surface area contributed by atoms with Crippen LogP contribution in [0.1, 0.15) is 42.6 Å². The Kier molecular flexibility index (Phi) is 8.75. The Morgan fingerprint density at radius 1 is 1.06 bits per heavy atom. The van der Waals surface area contributed by atoms with E-state index in [-0.39, 0.29) is 12.5 Å². The van der Waals surface area contributed by atoms with Crippen LogP contribution in [-0.2, 0) is 19.6 Å².